The molecular weight excluding hydrogens is 222 g/mol. The number of para-hydroxylation sites is 1. The Morgan fingerprint density at radius 1 is 1.06 bits per heavy atom. The van der Waals surface area contributed by atoms with Gasteiger partial charge in [-0.05, 0) is 43.4 Å². The lowest BCUT2D eigenvalue weighted by molar-refractivity contribution is 0.503. The molecule has 2 fully saturated rings. The van der Waals surface area contributed by atoms with Crippen molar-refractivity contribution >= 4 is 0 Å². The molecule has 0 radical (unpaired) electrons. The highest BCUT2D eigenvalue weighted by Gasteiger charge is 2.64. The number of benzene rings is 1. The standard InChI is InChI=1S/C15H17N3/c16-15(8-9-15)14(6-7-14)12-10-17-18(11-12)13-4-2-1-3-5-13/h1-5,10-11H,6-9,16H2. The van der Waals surface area contributed by atoms with Crippen LogP contribution in [0.1, 0.15) is 31.2 Å². The summed E-state index contributed by atoms with van der Waals surface area (Å²) in [7, 11) is 0. The molecule has 1 heterocycles. The van der Waals surface area contributed by atoms with E-state index in [1.165, 1.54) is 31.2 Å². The molecule has 3 heteroatoms. The summed E-state index contributed by atoms with van der Waals surface area (Å²) in [5.41, 5.74) is 9.17. The minimum atomic E-state index is 0.0670. The van der Waals surface area contributed by atoms with Gasteiger partial charge in [0, 0.05) is 17.2 Å². The summed E-state index contributed by atoms with van der Waals surface area (Å²) in [4.78, 5) is 0. The van der Waals surface area contributed by atoms with Crippen molar-refractivity contribution in [2.75, 3.05) is 0 Å². The molecule has 0 amide bonds. The maximum atomic E-state index is 6.43. The second-order valence-electron chi connectivity index (χ2n) is 5.75. The van der Waals surface area contributed by atoms with Crippen molar-refractivity contribution in [1.29, 1.82) is 0 Å². The van der Waals surface area contributed by atoms with E-state index in [1.807, 2.05) is 29.1 Å². The molecule has 4 rings (SSSR count). The fourth-order valence-electron chi connectivity index (χ4n) is 3.10. The molecule has 1 aromatic carbocycles. The van der Waals surface area contributed by atoms with Crippen LogP contribution in [0.2, 0.25) is 0 Å². The van der Waals surface area contributed by atoms with Gasteiger partial charge in [-0.15, -0.1) is 0 Å². The zero-order chi connectivity index (χ0) is 12.2. The molecular formula is C15H17N3. The number of rotatable bonds is 3. The third-order valence-electron chi connectivity index (χ3n) is 4.65. The highest BCUT2D eigenvalue weighted by Crippen LogP contribution is 2.63. The van der Waals surface area contributed by atoms with Crippen LogP contribution in [-0.4, -0.2) is 15.3 Å². The van der Waals surface area contributed by atoms with Gasteiger partial charge in [-0.1, -0.05) is 18.2 Å². The van der Waals surface area contributed by atoms with Crippen LogP contribution in [0.3, 0.4) is 0 Å². The molecule has 0 bridgehead atoms. The zero-order valence-corrected chi connectivity index (χ0v) is 10.3. The minimum Gasteiger partial charge on any atom is -0.324 e. The summed E-state index contributed by atoms with van der Waals surface area (Å²) < 4.78 is 1.96. The van der Waals surface area contributed by atoms with Crippen LogP contribution in [0.4, 0.5) is 0 Å². The van der Waals surface area contributed by atoms with Crippen molar-refractivity contribution in [3.63, 3.8) is 0 Å². The van der Waals surface area contributed by atoms with Gasteiger partial charge in [0.25, 0.3) is 0 Å². The molecule has 0 atom stereocenters. The Labute approximate surface area is 107 Å². The Balaban J connectivity index is 1.71. The fourth-order valence-corrected chi connectivity index (χ4v) is 3.10. The summed E-state index contributed by atoms with van der Waals surface area (Å²) in [6, 6.07) is 10.2. The molecule has 18 heavy (non-hydrogen) atoms. The van der Waals surface area contributed by atoms with Crippen LogP contribution in [0.25, 0.3) is 5.69 Å². The predicted octanol–water partition coefficient (Wildman–Crippen LogP) is 2.40. The summed E-state index contributed by atoms with van der Waals surface area (Å²) in [5.74, 6) is 0. The first-order chi connectivity index (χ1) is 8.74. The molecule has 2 aliphatic carbocycles. The lowest BCUT2D eigenvalue weighted by Gasteiger charge is -2.21. The molecule has 0 spiro atoms. The van der Waals surface area contributed by atoms with Crippen molar-refractivity contribution in [3.05, 3.63) is 48.3 Å². The van der Waals surface area contributed by atoms with Crippen molar-refractivity contribution in [2.45, 2.75) is 36.6 Å². The van der Waals surface area contributed by atoms with Crippen LogP contribution in [-0.2, 0) is 5.41 Å². The summed E-state index contributed by atoms with van der Waals surface area (Å²) in [6.07, 6.45) is 8.96. The highest BCUT2D eigenvalue weighted by atomic mass is 15.3. The Kier molecular flexibility index (Phi) is 1.86. The number of nitrogens with zero attached hydrogens (tertiary/aromatic N) is 2. The molecule has 2 aromatic rings. The van der Waals surface area contributed by atoms with Crippen LogP contribution in [0, 0.1) is 0 Å². The summed E-state index contributed by atoms with van der Waals surface area (Å²) in [6.45, 7) is 0. The molecule has 0 saturated heterocycles. The zero-order valence-electron chi connectivity index (χ0n) is 10.3. The number of aromatic nitrogens is 2. The second-order valence-corrected chi connectivity index (χ2v) is 5.75. The van der Waals surface area contributed by atoms with Gasteiger partial charge in [-0.25, -0.2) is 4.68 Å². The van der Waals surface area contributed by atoms with Gasteiger partial charge < -0.3 is 5.73 Å². The molecule has 0 unspecified atom stereocenters. The highest BCUT2D eigenvalue weighted by molar-refractivity contribution is 5.40. The van der Waals surface area contributed by atoms with E-state index in [1.54, 1.807) is 0 Å². The lowest BCUT2D eigenvalue weighted by Crippen LogP contribution is -2.37. The van der Waals surface area contributed by atoms with E-state index in [4.69, 9.17) is 5.73 Å². The van der Waals surface area contributed by atoms with Crippen LogP contribution >= 0.6 is 0 Å². The molecule has 92 valence electrons. The average molecular weight is 239 g/mol. The first kappa shape index (κ1) is 10.3. The lowest BCUT2D eigenvalue weighted by atomic mass is 9.88. The normalized spacial score (nSPS) is 22.7. The average Bonchev–Trinajstić information content (AvgIpc) is 3.31. The first-order valence-electron chi connectivity index (χ1n) is 6.63. The van der Waals surface area contributed by atoms with E-state index in [0.717, 1.165) is 5.69 Å². The van der Waals surface area contributed by atoms with Crippen molar-refractivity contribution in [1.82, 2.24) is 9.78 Å². The van der Waals surface area contributed by atoms with Gasteiger partial charge in [-0.3, -0.25) is 0 Å². The molecule has 0 aliphatic heterocycles. The van der Waals surface area contributed by atoms with Gasteiger partial charge in [-0.2, -0.15) is 5.10 Å². The smallest absolute Gasteiger partial charge is 0.0645 e. The van der Waals surface area contributed by atoms with Gasteiger partial charge in [0.05, 0.1) is 11.9 Å². The number of nitrogens with two attached hydrogens (primary N) is 1. The topological polar surface area (TPSA) is 43.8 Å². The molecule has 1 aromatic heterocycles. The van der Waals surface area contributed by atoms with Crippen molar-refractivity contribution in [2.24, 2.45) is 5.73 Å². The predicted molar refractivity (Wildman–Crippen MR) is 70.6 cm³/mol. The third-order valence-corrected chi connectivity index (χ3v) is 4.65. The Morgan fingerprint density at radius 2 is 1.78 bits per heavy atom. The second kappa shape index (κ2) is 3.23. The number of hydrogen-bond donors (Lipinski definition) is 1. The maximum Gasteiger partial charge on any atom is 0.0645 e. The van der Waals surface area contributed by atoms with Crippen molar-refractivity contribution < 1.29 is 0 Å². The van der Waals surface area contributed by atoms with E-state index < -0.39 is 0 Å². The molecule has 2 aliphatic rings. The van der Waals surface area contributed by atoms with E-state index in [-0.39, 0.29) is 11.0 Å². The number of hydrogen-bond acceptors (Lipinski definition) is 2. The summed E-state index contributed by atoms with van der Waals surface area (Å²) in [5, 5.41) is 4.50. The Morgan fingerprint density at radius 3 is 2.39 bits per heavy atom. The largest absolute Gasteiger partial charge is 0.324 e. The quantitative estimate of drug-likeness (QED) is 0.893. The minimum absolute atomic E-state index is 0.0670. The Bertz CT molecular complexity index is 577. The molecule has 3 nitrogen and oxygen atoms in total. The maximum absolute atomic E-state index is 6.43. The first-order valence-corrected chi connectivity index (χ1v) is 6.63. The van der Waals surface area contributed by atoms with E-state index in [2.05, 4.69) is 23.4 Å². The van der Waals surface area contributed by atoms with Gasteiger partial charge in [0.2, 0.25) is 0 Å². The van der Waals surface area contributed by atoms with Gasteiger partial charge in [0.1, 0.15) is 0 Å². The fraction of sp³-hybridized carbons (Fsp3) is 0.400. The Hall–Kier alpha value is -1.61. The molecule has 2 N–H and O–H groups in total. The summed E-state index contributed by atoms with van der Waals surface area (Å²) >= 11 is 0. The van der Waals surface area contributed by atoms with Crippen molar-refractivity contribution in [3.8, 4) is 5.69 Å². The van der Waals surface area contributed by atoms with E-state index in [0.29, 0.717) is 0 Å². The van der Waals surface area contributed by atoms with Gasteiger partial charge >= 0.3 is 0 Å². The van der Waals surface area contributed by atoms with Crippen LogP contribution < -0.4 is 5.73 Å². The SMILES string of the molecule is NC1(C2(c3cnn(-c4ccccc4)c3)CC2)CC1. The van der Waals surface area contributed by atoms with Gasteiger partial charge in [0.15, 0.2) is 0 Å². The monoisotopic (exact) mass is 239 g/mol. The van der Waals surface area contributed by atoms with Crippen LogP contribution in [0.5, 0.6) is 0 Å². The van der Waals surface area contributed by atoms with E-state index in [9.17, 15) is 0 Å². The van der Waals surface area contributed by atoms with Crippen LogP contribution in [0.15, 0.2) is 42.7 Å². The third kappa shape index (κ3) is 1.31. The molecule has 2 saturated carbocycles. The van der Waals surface area contributed by atoms with E-state index >= 15 is 0 Å².